The third-order valence-corrected chi connectivity index (χ3v) is 4.70. The molecule has 0 radical (unpaired) electrons. The van der Waals surface area contributed by atoms with Crippen molar-refractivity contribution in [1.82, 2.24) is 15.1 Å². The Labute approximate surface area is 133 Å². The van der Waals surface area contributed by atoms with Crippen molar-refractivity contribution in [3.8, 4) is 0 Å². The van der Waals surface area contributed by atoms with E-state index in [2.05, 4.69) is 10.4 Å². The van der Waals surface area contributed by atoms with Gasteiger partial charge < -0.3 is 11.1 Å². The third-order valence-electron chi connectivity index (χ3n) is 4.70. The second-order valence-electron chi connectivity index (χ2n) is 6.10. The van der Waals surface area contributed by atoms with Crippen molar-refractivity contribution < 1.29 is 4.79 Å². The summed E-state index contributed by atoms with van der Waals surface area (Å²) in [5.41, 5.74) is 8.13. The predicted octanol–water partition coefficient (Wildman–Crippen LogP) is 2.07. The lowest BCUT2D eigenvalue weighted by molar-refractivity contribution is -0.124. The van der Waals surface area contributed by atoms with Crippen molar-refractivity contribution in [2.45, 2.75) is 52.0 Å². The molecule has 0 saturated heterocycles. The first-order valence-corrected chi connectivity index (χ1v) is 7.50. The van der Waals surface area contributed by atoms with E-state index in [9.17, 15) is 4.79 Å². The summed E-state index contributed by atoms with van der Waals surface area (Å²) >= 11 is 0. The van der Waals surface area contributed by atoms with Crippen LogP contribution in [-0.4, -0.2) is 22.2 Å². The van der Waals surface area contributed by atoms with E-state index in [-0.39, 0.29) is 23.7 Å². The standard InChI is InChI=1S/C15H26N4O.ClH/c1-12-13(10-18-19(12)2)9-17-14(20)8-15(11-16)6-4-3-5-7-15;/h10H,3-9,11,16H2,1-2H3,(H,17,20);1H. The first-order valence-electron chi connectivity index (χ1n) is 7.50. The maximum atomic E-state index is 12.2. The summed E-state index contributed by atoms with van der Waals surface area (Å²) in [6.45, 7) is 3.18. The van der Waals surface area contributed by atoms with Gasteiger partial charge in [0.25, 0.3) is 0 Å². The number of rotatable bonds is 5. The van der Waals surface area contributed by atoms with E-state index in [1.807, 2.05) is 24.9 Å². The molecule has 120 valence electrons. The molecule has 1 aliphatic rings. The smallest absolute Gasteiger partial charge is 0.220 e. The fourth-order valence-corrected chi connectivity index (χ4v) is 3.07. The van der Waals surface area contributed by atoms with Crippen molar-refractivity contribution in [3.05, 3.63) is 17.5 Å². The van der Waals surface area contributed by atoms with Crippen molar-refractivity contribution in [3.63, 3.8) is 0 Å². The minimum absolute atomic E-state index is 0. The van der Waals surface area contributed by atoms with Gasteiger partial charge in [-0.1, -0.05) is 19.3 Å². The van der Waals surface area contributed by atoms with Crippen molar-refractivity contribution in [2.75, 3.05) is 6.54 Å². The van der Waals surface area contributed by atoms with Crippen molar-refractivity contribution in [1.29, 1.82) is 0 Å². The van der Waals surface area contributed by atoms with Gasteiger partial charge in [0.05, 0.1) is 6.20 Å². The van der Waals surface area contributed by atoms with Crippen LogP contribution in [0, 0.1) is 12.3 Å². The van der Waals surface area contributed by atoms with E-state index in [1.54, 1.807) is 0 Å². The Bertz CT molecular complexity index is 466. The normalized spacial score (nSPS) is 17.1. The number of nitrogens with two attached hydrogens (primary N) is 1. The van der Waals surface area contributed by atoms with Gasteiger partial charge in [0.15, 0.2) is 0 Å². The number of hydrogen-bond donors (Lipinski definition) is 2. The summed E-state index contributed by atoms with van der Waals surface area (Å²) in [4.78, 5) is 12.2. The summed E-state index contributed by atoms with van der Waals surface area (Å²) in [6, 6.07) is 0. The molecule has 0 bridgehead atoms. The minimum Gasteiger partial charge on any atom is -0.352 e. The lowest BCUT2D eigenvalue weighted by atomic mass is 9.71. The molecular formula is C15H27ClN4O. The Morgan fingerprint density at radius 2 is 2.10 bits per heavy atom. The zero-order chi connectivity index (χ0) is 14.6. The van der Waals surface area contributed by atoms with Gasteiger partial charge in [-0.15, -0.1) is 12.4 Å². The minimum atomic E-state index is 0. The van der Waals surface area contributed by atoms with Crippen LogP contribution in [0.15, 0.2) is 6.20 Å². The van der Waals surface area contributed by atoms with E-state index in [4.69, 9.17) is 5.73 Å². The summed E-state index contributed by atoms with van der Waals surface area (Å²) in [6.07, 6.45) is 8.22. The summed E-state index contributed by atoms with van der Waals surface area (Å²) < 4.78 is 1.82. The van der Waals surface area contributed by atoms with Crippen LogP contribution in [0.5, 0.6) is 0 Å². The van der Waals surface area contributed by atoms with Crippen LogP contribution in [0.2, 0.25) is 0 Å². The van der Waals surface area contributed by atoms with Gasteiger partial charge in [-0.05, 0) is 31.7 Å². The first kappa shape index (κ1) is 18.0. The van der Waals surface area contributed by atoms with Crippen LogP contribution in [0.4, 0.5) is 0 Å². The quantitative estimate of drug-likeness (QED) is 0.874. The molecule has 2 rings (SSSR count). The number of aryl methyl sites for hydroxylation is 1. The molecule has 5 nitrogen and oxygen atoms in total. The van der Waals surface area contributed by atoms with Gasteiger partial charge in [0, 0.05) is 31.3 Å². The monoisotopic (exact) mass is 314 g/mol. The summed E-state index contributed by atoms with van der Waals surface area (Å²) in [5.74, 6) is 0.112. The average molecular weight is 315 g/mol. The van der Waals surface area contributed by atoms with Gasteiger partial charge in [0.2, 0.25) is 5.91 Å². The lowest BCUT2D eigenvalue weighted by Crippen LogP contribution is -2.38. The molecule has 0 aromatic carbocycles. The van der Waals surface area contributed by atoms with Gasteiger partial charge in [-0.25, -0.2) is 0 Å². The third kappa shape index (κ3) is 4.45. The Hall–Kier alpha value is -1.07. The number of hydrogen-bond acceptors (Lipinski definition) is 3. The van der Waals surface area contributed by atoms with Crippen LogP contribution in [0.25, 0.3) is 0 Å². The number of halogens is 1. The number of aromatic nitrogens is 2. The molecule has 21 heavy (non-hydrogen) atoms. The SMILES string of the molecule is Cc1c(CNC(=O)CC2(CN)CCCCC2)cnn1C.Cl. The first-order chi connectivity index (χ1) is 9.56. The number of nitrogens with one attached hydrogen (secondary N) is 1. The fourth-order valence-electron chi connectivity index (χ4n) is 3.07. The number of nitrogens with zero attached hydrogens (tertiary/aromatic N) is 2. The van der Waals surface area contributed by atoms with Gasteiger partial charge in [-0.3, -0.25) is 9.48 Å². The molecule has 1 aromatic heterocycles. The Morgan fingerprint density at radius 3 is 2.62 bits per heavy atom. The Morgan fingerprint density at radius 1 is 1.43 bits per heavy atom. The maximum Gasteiger partial charge on any atom is 0.220 e. The summed E-state index contributed by atoms with van der Waals surface area (Å²) in [7, 11) is 1.91. The van der Waals surface area contributed by atoms with Crippen molar-refractivity contribution >= 4 is 18.3 Å². The molecule has 3 N–H and O–H groups in total. The second kappa shape index (κ2) is 7.80. The van der Waals surface area contributed by atoms with Crippen LogP contribution in [0.3, 0.4) is 0 Å². The Kier molecular flexibility index (Phi) is 6.68. The number of carbonyl (C=O) groups excluding carboxylic acids is 1. The summed E-state index contributed by atoms with van der Waals surface area (Å²) in [5, 5.41) is 7.20. The highest BCUT2D eigenvalue weighted by Crippen LogP contribution is 2.38. The zero-order valence-electron chi connectivity index (χ0n) is 13.0. The highest BCUT2D eigenvalue weighted by molar-refractivity contribution is 5.85. The molecular weight excluding hydrogens is 288 g/mol. The Balaban J connectivity index is 0.00000220. The van der Waals surface area contributed by atoms with Gasteiger partial charge >= 0.3 is 0 Å². The topological polar surface area (TPSA) is 72.9 Å². The van der Waals surface area contributed by atoms with E-state index >= 15 is 0 Å². The average Bonchev–Trinajstić information content (AvgIpc) is 2.77. The maximum absolute atomic E-state index is 12.2. The molecule has 1 aliphatic carbocycles. The number of carbonyl (C=O) groups is 1. The van der Waals surface area contributed by atoms with E-state index < -0.39 is 0 Å². The molecule has 0 atom stereocenters. The predicted molar refractivity (Wildman–Crippen MR) is 86.2 cm³/mol. The molecule has 1 fully saturated rings. The molecule has 0 spiro atoms. The lowest BCUT2D eigenvalue weighted by Gasteiger charge is -2.35. The fraction of sp³-hybridized carbons (Fsp3) is 0.733. The molecule has 1 saturated carbocycles. The molecule has 1 aromatic rings. The van der Waals surface area contributed by atoms with Gasteiger partial charge in [-0.2, -0.15) is 5.10 Å². The van der Waals surface area contributed by atoms with Crippen LogP contribution >= 0.6 is 12.4 Å². The largest absolute Gasteiger partial charge is 0.352 e. The van der Waals surface area contributed by atoms with E-state index in [0.29, 0.717) is 19.5 Å². The zero-order valence-corrected chi connectivity index (χ0v) is 13.8. The number of amides is 1. The van der Waals surface area contributed by atoms with Crippen LogP contribution < -0.4 is 11.1 Å². The molecule has 1 amide bonds. The van der Waals surface area contributed by atoms with Crippen LogP contribution in [0.1, 0.15) is 49.8 Å². The highest BCUT2D eigenvalue weighted by atomic mass is 35.5. The van der Waals surface area contributed by atoms with Crippen molar-refractivity contribution in [2.24, 2.45) is 18.2 Å². The second-order valence-corrected chi connectivity index (χ2v) is 6.10. The molecule has 6 heteroatoms. The molecule has 1 heterocycles. The molecule has 0 aliphatic heterocycles. The van der Waals surface area contributed by atoms with E-state index in [0.717, 1.165) is 24.1 Å². The highest BCUT2D eigenvalue weighted by Gasteiger charge is 2.32. The van der Waals surface area contributed by atoms with Crippen LogP contribution in [-0.2, 0) is 18.4 Å². The molecule has 0 unspecified atom stereocenters. The van der Waals surface area contributed by atoms with Gasteiger partial charge in [0.1, 0.15) is 0 Å². The van der Waals surface area contributed by atoms with E-state index in [1.165, 1.54) is 19.3 Å².